The molecule has 20 heteroatoms. The largest absolute Gasteiger partial charge is 0.460 e. The summed E-state index contributed by atoms with van der Waals surface area (Å²) in [5.74, 6) is -13.1. The zero-order valence-corrected chi connectivity index (χ0v) is 38.0. The van der Waals surface area contributed by atoms with Crippen molar-refractivity contribution in [1.29, 1.82) is 0 Å². The molecule has 10 N–H and O–H groups in total. The molecule has 9 rings (SSSR count). The van der Waals surface area contributed by atoms with E-state index in [1.54, 1.807) is 0 Å². The predicted octanol–water partition coefficient (Wildman–Crippen LogP) is 5.82. The van der Waals surface area contributed by atoms with Crippen LogP contribution in [0.25, 0.3) is 0 Å². The van der Waals surface area contributed by atoms with Crippen LogP contribution in [-0.4, -0.2) is 83.7 Å². The van der Waals surface area contributed by atoms with E-state index in [9.17, 15) is 39.5 Å². The molecule has 58 heavy (non-hydrogen) atoms. The Hall–Kier alpha value is 0.363. The molecule has 0 spiro atoms. The molecule has 5 heterocycles. The molecule has 17 unspecified atom stereocenters. The van der Waals surface area contributed by atoms with Gasteiger partial charge in [0.25, 0.3) is 0 Å². The van der Waals surface area contributed by atoms with Gasteiger partial charge in [-0.1, -0.05) is 67.5 Å². The normalized spacial score (nSPS) is 45.5. The van der Waals surface area contributed by atoms with Gasteiger partial charge in [-0.2, -0.15) is 39.5 Å². The molecule has 9 aliphatic rings. The second-order valence-electron chi connectivity index (χ2n) is 18.6. The Kier molecular flexibility index (Phi) is 14.5. The summed E-state index contributed by atoms with van der Waals surface area (Å²) in [5.41, 5.74) is 4.42. The van der Waals surface area contributed by atoms with Crippen LogP contribution in [0.1, 0.15) is 103 Å². The number of nitrogens with one attached hydrogen (secondary N) is 8. The van der Waals surface area contributed by atoms with Crippen molar-refractivity contribution in [2.24, 2.45) is 53.1 Å². The SMILES string of the molecule is IC1CCCC2C3NC4NC(NC5NC(NC6NC(NC(N3)C12)C1CCCCC61)C1CCCCC51)C1CCCCC41.NCCC(F)(F)C(F)(F)C(F)(F)C(F)(F)F.[Zn]. The van der Waals surface area contributed by atoms with Gasteiger partial charge in [-0.25, -0.2) is 0 Å². The van der Waals surface area contributed by atoms with Crippen LogP contribution in [-0.2, 0) is 19.5 Å². The Morgan fingerprint density at radius 1 is 0.414 bits per heavy atom. The monoisotopic (exact) mass is 1010 g/mol. The minimum atomic E-state index is -6.82. The smallest absolute Gasteiger partial charge is 0.330 e. The third-order valence-corrected chi connectivity index (χ3v) is 16.9. The Morgan fingerprint density at radius 3 is 1.02 bits per heavy atom. The summed E-state index contributed by atoms with van der Waals surface area (Å²) in [5, 5.41) is 33.9. The summed E-state index contributed by atoms with van der Waals surface area (Å²) in [6.45, 7) is -1.16. The van der Waals surface area contributed by atoms with Crippen LogP contribution in [0.4, 0.5) is 39.5 Å². The van der Waals surface area contributed by atoms with Crippen LogP contribution in [0.15, 0.2) is 0 Å². The van der Waals surface area contributed by atoms with E-state index in [0.29, 0.717) is 61.2 Å². The molecule has 5 aliphatic heterocycles. The van der Waals surface area contributed by atoms with Gasteiger partial charge in [0.05, 0.1) is 49.3 Å². The fourth-order valence-electron chi connectivity index (χ4n) is 12.7. The van der Waals surface area contributed by atoms with E-state index in [0.717, 1.165) is 39.4 Å². The van der Waals surface area contributed by atoms with Gasteiger partial charge in [0.15, 0.2) is 0 Å². The standard InChI is InChI=1S/C32H55IN8.C6H6F9N.Zn/c33-23-15-7-14-22-24(23)32-40-30-21-13-6-5-12-20(21)28(38-30)36-26-17-9-2-1-8-16(17)25(34-26)35-27-18-10-3-4-11-19(18)29(37-27)39-31(22)41-32;7-3(8,1-2-16)4(9,10)5(11,12)6(13,14)15;/h16-32,34-41H,1-15H2;1-2,16H2;. The van der Waals surface area contributed by atoms with Crippen LogP contribution >= 0.6 is 22.6 Å². The van der Waals surface area contributed by atoms with Crippen LogP contribution in [0.3, 0.4) is 0 Å². The Balaban J connectivity index is 0.000000259. The minimum absolute atomic E-state index is 0. The fraction of sp³-hybridized carbons (Fsp3) is 1.00. The molecule has 5 saturated heterocycles. The first-order valence-electron chi connectivity index (χ1n) is 21.6. The molecule has 0 aromatic carbocycles. The zero-order valence-electron chi connectivity index (χ0n) is 32.9. The van der Waals surface area contributed by atoms with E-state index in [2.05, 4.69) is 70.9 Å². The first kappa shape index (κ1) is 46.4. The molecule has 9 fully saturated rings. The Morgan fingerprint density at radius 2 is 0.707 bits per heavy atom. The Bertz CT molecular complexity index is 1390. The predicted molar refractivity (Wildman–Crippen MR) is 205 cm³/mol. The van der Waals surface area contributed by atoms with Gasteiger partial charge >= 0.3 is 23.9 Å². The molecule has 4 aliphatic carbocycles. The summed E-state index contributed by atoms with van der Waals surface area (Å²) >= 11 is 2.81. The number of alkyl halides is 10. The third-order valence-electron chi connectivity index (χ3n) is 15.5. The number of rotatable bonds is 4. The van der Waals surface area contributed by atoms with Crippen LogP contribution in [0.5, 0.6) is 0 Å². The minimum Gasteiger partial charge on any atom is -0.330 e. The third kappa shape index (κ3) is 8.52. The van der Waals surface area contributed by atoms with Crippen molar-refractivity contribution >= 4 is 22.6 Å². The second kappa shape index (κ2) is 18.1. The first-order valence-corrected chi connectivity index (χ1v) is 22.9. The van der Waals surface area contributed by atoms with Gasteiger partial charge in [-0.05, 0) is 99.3 Å². The topological polar surface area (TPSA) is 122 Å². The van der Waals surface area contributed by atoms with Crippen molar-refractivity contribution < 1.29 is 59.0 Å². The van der Waals surface area contributed by atoms with Gasteiger partial charge in [0.2, 0.25) is 0 Å². The van der Waals surface area contributed by atoms with E-state index in [-0.39, 0.29) is 19.5 Å². The molecule has 9 nitrogen and oxygen atoms in total. The molecule has 0 radical (unpaired) electrons. The fourth-order valence-corrected chi connectivity index (χ4v) is 14.1. The molecule has 17 atom stereocenters. The summed E-state index contributed by atoms with van der Waals surface area (Å²) < 4.78 is 109. The zero-order chi connectivity index (χ0) is 40.5. The molecule has 330 valence electrons. The summed E-state index contributed by atoms with van der Waals surface area (Å²) in [6, 6.07) is 0. The van der Waals surface area contributed by atoms with Crippen LogP contribution in [0.2, 0.25) is 0 Å². The van der Waals surface area contributed by atoms with Gasteiger partial charge in [0.1, 0.15) is 0 Å². The number of fused-ring (bicyclic) bond motifs is 20. The molecule has 0 aromatic rings. The number of hydrogen-bond donors (Lipinski definition) is 9. The van der Waals surface area contributed by atoms with Crippen LogP contribution < -0.4 is 48.3 Å². The summed E-state index contributed by atoms with van der Waals surface area (Å²) in [4.78, 5) is 0. The van der Waals surface area contributed by atoms with Crippen molar-refractivity contribution in [3.8, 4) is 0 Å². The molecule has 0 amide bonds. The summed E-state index contributed by atoms with van der Waals surface area (Å²) in [7, 11) is 0. The maximum Gasteiger partial charge on any atom is 0.460 e. The second-order valence-corrected chi connectivity index (χ2v) is 20.2. The number of hydrogen-bond acceptors (Lipinski definition) is 9. The van der Waals surface area contributed by atoms with Crippen molar-refractivity contribution in [2.75, 3.05) is 6.54 Å². The molecule has 8 bridgehead atoms. The van der Waals surface area contributed by atoms with Gasteiger partial charge in [0, 0.05) is 35.7 Å². The molecule has 0 aromatic heterocycles. The molecular formula is C38H61F9IN9Zn. The van der Waals surface area contributed by atoms with Crippen LogP contribution in [0, 0.1) is 47.3 Å². The van der Waals surface area contributed by atoms with Gasteiger partial charge < -0.3 is 5.73 Å². The van der Waals surface area contributed by atoms with Gasteiger partial charge in [-0.3, -0.25) is 42.5 Å². The summed E-state index contributed by atoms with van der Waals surface area (Å²) in [6.07, 6.45) is 15.2. The van der Waals surface area contributed by atoms with Crippen molar-refractivity contribution in [3.05, 3.63) is 0 Å². The van der Waals surface area contributed by atoms with Crippen molar-refractivity contribution in [1.82, 2.24) is 42.5 Å². The van der Waals surface area contributed by atoms with Crippen molar-refractivity contribution in [2.45, 2.75) is 180 Å². The van der Waals surface area contributed by atoms with Crippen molar-refractivity contribution in [3.63, 3.8) is 0 Å². The number of halogens is 10. The maximum absolute atomic E-state index is 12.4. The molecular weight excluding hydrogens is 946 g/mol. The quantitative estimate of drug-likeness (QED) is 0.0744. The number of nitrogens with two attached hydrogens (primary N) is 1. The van der Waals surface area contributed by atoms with Gasteiger partial charge in [-0.15, -0.1) is 0 Å². The average Bonchev–Trinajstić information content (AvgIpc) is 3.91. The maximum atomic E-state index is 12.4. The van der Waals surface area contributed by atoms with E-state index in [1.165, 1.54) is 96.3 Å². The molecule has 4 saturated carbocycles. The van der Waals surface area contributed by atoms with E-state index in [4.69, 9.17) is 0 Å². The average molecular weight is 1010 g/mol. The first-order chi connectivity index (χ1) is 27.0. The van der Waals surface area contributed by atoms with E-state index >= 15 is 0 Å². The Labute approximate surface area is 362 Å². The van der Waals surface area contributed by atoms with E-state index < -0.39 is 36.9 Å². The van der Waals surface area contributed by atoms with E-state index in [1.807, 2.05) is 0 Å².